The summed E-state index contributed by atoms with van der Waals surface area (Å²) in [6.07, 6.45) is 0. The highest BCUT2D eigenvalue weighted by atomic mass is 79.9. The summed E-state index contributed by atoms with van der Waals surface area (Å²) in [6.45, 7) is 1.78. The molecule has 0 saturated carbocycles. The molecule has 20 heavy (non-hydrogen) atoms. The predicted molar refractivity (Wildman–Crippen MR) is 80.2 cm³/mol. The number of carbonyl (C=O) groups is 1. The molecule has 0 aliphatic rings. The van der Waals surface area contributed by atoms with E-state index >= 15 is 0 Å². The van der Waals surface area contributed by atoms with Gasteiger partial charge in [0, 0.05) is 15.4 Å². The largest absolute Gasteiger partial charge is 0.508 e. The SMILES string of the molecule is Cc1oc2ccc(Br)cc2c1C(=O)c1ccc(O)cc1. The Balaban J connectivity index is 2.18. The Morgan fingerprint density at radius 3 is 2.55 bits per heavy atom. The third kappa shape index (κ3) is 2.12. The second-order valence-corrected chi connectivity index (χ2v) is 5.47. The van der Waals surface area contributed by atoms with Crippen LogP contribution in [0.25, 0.3) is 11.0 Å². The van der Waals surface area contributed by atoms with E-state index in [2.05, 4.69) is 15.9 Å². The zero-order valence-electron chi connectivity index (χ0n) is 10.7. The monoisotopic (exact) mass is 330 g/mol. The van der Waals surface area contributed by atoms with Crippen LogP contribution >= 0.6 is 15.9 Å². The summed E-state index contributed by atoms with van der Waals surface area (Å²) in [5.74, 6) is 0.619. The first-order valence-corrected chi connectivity index (χ1v) is 6.88. The van der Waals surface area contributed by atoms with Crippen LogP contribution in [0.4, 0.5) is 0 Å². The first-order valence-electron chi connectivity index (χ1n) is 6.08. The number of aromatic hydroxyl groups is 1. The van der Waals surface area contributed by atoms with Gasteiger partial charge in [-0.05, 0) is 49.4 Å². The van der Waals surface area contributed by atoms with E-state index in [1.807, 2.05) is 18.2 Å². The fourth-order valence-electron chi connectivity index (χ4n) is 2.23. The van der Waals surface area contributed by atoms with Crippen LogP contribution in [0.5, 0.6) is 5.75 Å². The molecule has 1 heterocycles. The van der Waals surface area contributed by atoms with E-state index in [1.165, 1.54) is 12.1 Å². The van der Waals surface area contributed by atoms with Crippen LogP contribution in [0.1, 0.15) is 21.7 Å². The number of carbonyl (C=O) groups excluding carboxylic acids is 1. The number of rotatable bonds is 2. The molecule has 0 amide bonds. The van der Waals surface area contributed by atoms with Gasteiger partial charge in [-0.15, -0.1) is 0 Å². The van der Waals surface area contributed by atoms with Gasteiger partial charge in [0.05, 0.1) is 5.56 Å². The summed E-state index contributed by atoms with van der Waals surface area (Å²) in [5, 5.41) is 10.1. The molecule has 0 bridgehead atoms. The summed E-state index contributed by atoms with van der Waals surface area (Å²) in [6, 6.07) is 11.8. The van der Waals surface area contributed by atoms with Crippen molar-refractivity contribution in [3.05, 3.63) is 63.8 Å². The highest BCUT2D eigenvalue weighted by Crippen LogP contribution is 2.30. The van der Waals surface area contributed by atoms with Crippen LogP contribution in [-0.2, 0) is 0 Å². The lowest BCUT2D eigenvalue weighted by Crippen LogP contribution is -2.01. The molecule has 1 N–H and O–H groups in total. The molecular weight excluding hydrogens is 320 g/mol. The zero-order chi connectivity index (χ0) is 14.3. The molecule has 1 aromatic heterocycles. The van der Waals surface area contributed by atoms with Crippen molar-refractivity contribution in [2.75, 3.05) is 0 Å². The third-order valence-corrected chi connectivity index (χ3v) is 3.68. The quantitative estimate of drug-likeness (QED) is 0.706. The molecule has 3 nitrogen and oxygen atoms in total. The first-order chi connectivity index (χ1) is 9.56. The summed E-state index contributed by atoms with van der Waals surface area (Å²) in [5.41, 5.74) is 1.77. The van der Waals surface area contributed by atoms with Gasteiger partial charge in [0.2, 0.25) is 0 Å². The van der Waals surface area contributed by atoms with Gasteiger partial charge in [-0.3, -0.25) is 4.79 Å². The molecule has 3 aromatic rings. The maximum Gasteiger partial charge on any atom is 0.197 e. The molecule has 4 heteroatoms. The second kappa shape index (κ2) is 4.80. The van der Waals surface area contributed by atoms with Crippen molar-refractivity contribution < 1.29 is 14.3 Å². The normalized spacial score (nSPS) is 10.9. The average Bonchev–Trinajstić information content (AvgIpc) is 2.74. The van der Waals surface area contributed by atoms with Crippen molar-refractivity contribution >= 4 is 32.7 Å². The highest BCUT2D eigenvalue weighted by molar-refractivity contribution is 9.10. The highest BCUT2D eigenvalue weighted by Gasteiger charge is 2.19. The summed E-state index contributed by atoms with van der Waals surface area (Å²) in [7, 11) is 0. The van der Waals surface area contributed by atoms with E-state index in [4.69, 9.17) is 4.42 Å². The van der Waals surface area contributed by atoms with Gasteiger partial charge in [-0.2, -0.15) is 0 Å². The molecule has 0 atom stereocenters. The molecule has 0 unspecified atom stereocenters. The van der Waals surface area contributed by atoms with Crippen molar-refractivity contribution in [3.63, 3.8) is 0 Å². The number of hydrogen-bond acceptors (Lipinski definition) is 3. The van der Waals surface area contributed by atoms with Gasteiger partial charge in [-0.25, -0.2) is 0 Å². The number of benzene rings is 2. The summed E-state index contributed by atoms with van der Waals surface area (Å²) < 4.78 is 6.52. The van der Waals surface area contributed by atoms with E-state index in [9.17, 15) is 9.90 Å². The van der Waals surface area contributed by atoms with Crippen molar-refractivity contribution in [1.29, 1.82) is 0 Å². The Kier molecular flexibility index (Phi) is 3.10. The lowest BCUT2D eigenvalue weighted by Gasteiger charge is -2.01. The van der Waals surface area contributed by atoms with Gasteiger partial charge in [0.25, 0.3) is 0 Å². The number of fused-ring (bicyclic) bond motifs is 1. The van der Waals surface area contributed by atoms with E-state index in [0.717, 1.165) is 9.86 Å². The number of aryl methyl sites for hydroxylation is 1. The zero-order valence-corrected chi connectivity index (χ0v) is 12.3. The van der Waals surface area contributed by atoms with E-state index in [-0.39, 0.29) is 11.5 Å². The predicted octanol–water partition coefficient (Wildman–Crippen LogP) is 4.44. The van der Waals surface area contributed by atoms with Crippen LogP contribution in [0.15, 0.2) is 51.4 Å². The Morgan fingerprint density at radius 2 is 1.85 bits per heavy atom. The van der Waals surface area contributed by atoms with Gasteiger partial charge in [0.15, 0.2) is 5.78 Å². The Bertz CT molecular complexity index is 800. The fraction of sp³-hybridized carbons (Fsp3) is 0.0625. The van der Waals surface area contributed by atoms with Crippen LogP contribution in [0.2, 0.25) is 0 Å². The number of phenolic OH excluding ortho intramolecular Hbond substituents is 1. The smallest absolute Gasteiger partial charge is 0.197 e. The lowest BCUT2D eigenvalue weighted by atomic mass is 10.0. The van der Waals surface area contributed by atoms with Crippen molar-refractivity contribution in [2.24, 2.45) is 0 Å². The average molecular weight is 331 g/mol. The summed E-state index contributed by atoms with van der Waals surface area (Å²) >= 11 is 3.40. The van der Waals surface area contributed by atoms with Gasteiger partial charge < -0.3 is 9.52 Å². The Morgan fingerprint density at radius 1 is 1.15 bits per heavy atom. The van der Waals surface area contributed by atoms with Crippen LogP contribution < -0.4 is 0 Å². The van der Waals surface area contributed by atoms with E-state index < -0.39 is 0 Å². The number of furan rings is 1. The van der Waals surface area contributed by atoms with Gasteiger partial charge in [0.1, 0.15) is 17.1 Å². The maximum absolute atomic E-state index is 12.6. The van der Waals surface area contributed by atoms with Gasteiger partial charge >= 0.3 is 0 Å². The minimum absolute atomic E-state index is 0.112. The molecule has 0 saturated heterocycles. The molecular formula is C16H11BrO3. The fourth-order valence-corrected chi connectivity index (χ4v) is 2.59. The van der Waals surface area contributed by atoms with Crippen LogP contribution in [0, 0.1) is 6.92 Å². The molecule has 100 valence electrons. The van der Waals surface area contributed by atoms with Gasteiger partial charge in [-0.1, -0.05) is 15.9 Å². The van der Waals surface area contributed by atoms with Crippen molar-refractivity contribution in [1.82, 2.24) is 0 Å². The minimum atomic E-state index is -0.112. The van der Waals surface area contributed by atoms with E-state index in [0.29, 0.717) is 22.5 Å². The Hall–Kier alpha value is -2.07. The number of halogens is 1. The van der Waals surface area contributed by atoms with Crippen molar-refractivity contribution in [3.8, 4) is 5.75 Å². The molecule has 2 aromatic carbocycles. The topological polar surface area (TPSA) is 50.4 Å². The molecule has 0 aliphatic carbocycles. The minimum Gasteiger partial charge on any atom is -0.508 e. The molecule has 3 rings (SSSR count). The van der Waals surface area contributed by atoms with Crippen LogP contribution in [-0.4, -0.2) is 10.9 Å². The number of ketones is 1. The second-order valence-electron chi connectivity index (χ2n) is 4.55. The molecule has 0 aliphatic heterocycles. The molecule has 0 fully saturated rings. The van der Waals surface area contributed by atoms with E-state index in [1.54, 1.807) is 19.1 Å². The number of phenols is 1. The molecule has 0 radical (unpaired) electrons. The Labute approximate surface area is 124 Å². The van der Waals surface area contributed by atoms with Crippen molar-refractivity contribution in [2.45, 2.75) is 6.92 Å². The maximum atomic E-state index is 12.6. The summed E-state index contributed by atoms with van der Waals surface area (Å²) in [4.78, 5) is 12.6. The first kappa shape index (κ1) is 12.9. The van der Waals surface area contributed by atoms with Crippen LogP contribution in [0.3, 0.4) is 0 Å². The number of hydrogen-bond donors (Lipinski definition) is 1. The standard InChI is InChI=1S/C16H11BrO3/c1-9-15(13-8-11(17)4-7-14(13)20-9)16(19)10-2-5-12(18)6-3-10/h2-8,18H,1H3. The third-order valence-electron chi connectivity index (χ3n) is 3.18. The molecule has 0 spiro atoms. The lowest BCUT2D eigenvalue weighted by molar-refractivity contribution is 0.103.